The van der Waals surface area contributed by atoms with Gasteiger partial charge in [0.05, 0.1) is 11.1 Å². The summed E-state index contributed by atoms with van der Waals surface area (Å²) in [5.74, 6) is -0.318. The number of rotatable bonds is 5. The predicted molar refractivity (Wildman–Crippen MR) is 71.1 cm³/mol. The molecular weight excluding hydrogens is 250 g/mol. The number of para-hydroxylation sites is 1. The zero-order chi connectivity index (χ0) is 13.0. The molecule has 1 heterocycles. The van der Waals surface area contributed by atoms with Gasteiger partial charge in [-0.2, -0.15) is 0 Å². The van der Waals surface area contributed by atoms with E-state index in [4.69, 9.17) is 5.11 Å². The Hall–Kier alpha value is -1.59. The van der Waals surface area contributed by atoms with Crippen molar-refractivity contribution in [3.8, 4) is 0 Å². The summed E-state index contributed by atoms with van der Waals surface area (Å²) in [6.07, 6.45) is 0.623. The lowest BCUT2D eigenvalue weighted by molar-refractivity contribution is 0.0692. The second-order valence-electron chi connectivity index (χ2n) is 3.76. The number of carboxylic acids is 1. The maximum atomic E-state index is 11.2. The van der Waals surface area contributed by atoms with Crippen molar-refractivity contribution < 1.29 is 15.0 Å². The molecule has 0 atom stereocenters. The summed E-state index contributed by atoms with van der Waals surface area (Å²) in [6, 6.07) is 9.08. The Balaban J connectivity index is 2.41. The molecule has 0 fully saturated rings. The molecule has 0 aliphatic carbocycles. The molecule has 2 aromatic rings. The molecule has 1 aromatic heterocycles. The van der Waals surface area contributed by atoms with Gasteiger partial charge < -0.3 is 10.2 Å². The number of hydrogen-bond donors (Lipinski definition) is 2. The van der Waals surface area contributed by atoms with Gasteiger partial charge in [0.2, 0.25) is 0 Å². The lowest BCUT2D eigenvalue weighted by Crippen LogP contribution is -2.02. The van der Waals surface area contributed by atoms with Crippen molar-refractivity contribution >= 4 is 28.6 Å². The van der Waals surface area contributed by atoms with Crippen LogP contribution < -0.4 is 0 Å². The third-order valence-corrected chi connectivity index (χ3v) is 3.54. The summed E-state index contributed by atoms with van der Waals surface area (Å²) in [7, 11) is 0. The smallest absolute Gasteiger partial charge is 0.338 e. The quantitative estimate of drug-likeness (QED) is 0.640. The second kappa shape index (κ2) is 5.84. The summed E-state index contributed by atoms with van der Waals surface area (Å²) >= 11 is 1.36. The molecule has 5 heteroatoms. The Kier molecular flexibility index (Phi) is 4.17. The zero-order valence-electron chi connectivity index (χ0n) is 9.67. The van der Waals surface area contributed by atoms with Gasteiger partial charge in [0.1, 0.15) is 5.03 Å². The first-order chi connectivity index (χ1) is 8.72. The molecular formula is C13H13NO3S. The van der Waals surface area contributed by atoms with E-state index in [1.807, 2.05) is 24.3 Å². The van der Waals surface area contributed by atoms with Crippen molar-refractivity contribution in [3.05, 3.63) is 35.9 Å². The van der Waals surface area contributed by atoms with Gasteiger partial charge in [-0.3, -0.25) is 0 Å². The van der Waals surface area contributed by atoms with Gasteiger partial charge in [-0.1, -0.05) is 18.2 Å². The van der Waals surface area contributed by atoms with Crippen molar-refractivity contribution in [3.63, 3.8) is 0 Å². The minimum absolute atomic E-state index is 0.100. The van der Waals surface area contributed by atoms with Crippen LogP contribution in [0.5, 0.6) is 0 Å². The second-order valence-corrected chi connectivity index (χ2v) is 4.85. The molecule has 0 saturated heterocycles. The van der Waals surface area contributed by atoms with Gasteiger partial charge in [-0.05, 0) is 18.6 Å². The maximum absolute atomic E-state index is 11.2. The van der Waals surface area contributed by atoms with Crippen LogP contribution >= 0.6 is 11.8 Å². The standard InChI is InChI=1S/C13H13NO3S/c15-6-3-7-18-12-10(13(16)17)8-9-4-1-2-5-11(9)14-12/h1-2,4-5,8,15H,3,6-7H2,(H,16,17). The van der Waals surface area contributed by atoms with Crippen molar-refractivity contribution in [1.82, 2.24) is 4.98 Å². The highest BCUT2D eigenvalue weighted by Gasteiger charge is 2.13. The van der Waals surface area contributed by atoms with Crippen LogP contribution in [0.2, 0.25) is 0 Å². The van der Waals surface area contributed by atoms with E-state index in [-0.39, 0.29) is 12.2 Å². The number of aliphatic hydroxyl groups is 1. The largest absolute Gasteiger partial charge is 0.478 e. The van der Waals surface area contributed by atoms with E-state index in [0.717, 1.165) is 10.9 Å². The number of fused-ring (bicyclic) bond motifs is 1. The van der Waals surface area contributed by atoms with E-state index in [1.165, 1.54) is 11.8 Å². The summed E-state index contributed by atoms with van der Waals surface area (Å²) in [5.41, 5.74) is 1.01. The van der Waals surface area contributed by atoms with Gasteiger partial charge in [-0.15, -0.1) is 11.8 Å². The molecule has 18 heavy (non-hydrogen) atoms. The van der Waals surface area contributed by atoms with E-state index in [9.17, 15) is 9.90 Å². The lowest BCUT2D eigenvalue weighted by Gasteiger charge is -2.06. The third kappa shape index (κ3) is 2.80. The van der Waals surface area contributed by atoms with Crippen LogP contribution in [0.1, 0.15) is 16.8 Å². The fraction of sp³-hybridized carbons (Fsp3) is 0.231. The number of hydrogen-bond acceptors (Lipinski definition) is 4. The van der Waals surface area contributed by atoms with E-state index in [0.29, 0.717) is 17.2 Å². The van der Waals surface area contributed by atoms with Crippen molar-refractivity contribution in [2.75, 3.05) is 12.4 Å². The van der Waals surface area contributed by atoms with Gasteiger partial charge in [0, 0.05) is 17.7 Å². The number of aromatic carboxylic acids is 1. The maximum Gasteiger partial charge on any atom is 0.338 e. The molecule has 0 amide bonds. The number of carbonyl (C=O) groups is 1. The van der Waals surface area contributed by atoms with Crippen LogP contribution in [0.25, 0.3) is 10.9 Å². The molecule has 4 nitrogen and oxygen atoms in total. The average Bonchev–Trinajstić information content (AvgIpc) is 2.38. The first-order valence-electron chi connectivity index (χ1n) is 5.59. The Labute approximate surface area is 109 Å². The fourth-order valence-electron chi connectivity index (χ4n) is 1.59. The SMILES string of the molecule is O=C(O)c1cc2ccccc2nc1SCCCO. The summed E-state index contributed by atoms with van der Waals surface area (Å²) in [5, 5.41) is 19.3. The molecule has 0 aliphatic heterocycles. The highest BCUT2D eigenvalue weighted by atomic mass is 32.2. The first-order valence-corrected chi connectivity index (χ1v) is 6.57. The number of carboxylic acid groups (broad SMARTS) is 1. The molecule has 0 bridgehead atoms. The number of nitrogens with zero attached hydrogens (tertiary/aromatic N) is 1. The molecule has 0 aliphatic rings. The van der Waals surface area contributed by atoms with Gasteiger partial charge in [0.15, 0.2) is 0 Å². The van der Waals surface area contributed by atoms with Crippen molar-refractivity contribution in [2.24, 2.45) is 0 Å². The molecule has 2 N–H and O–H groups in total. The molecule has 0 saturated carbocycles. The van der Waals surface area contributed by atoms with E-state index in [2.05, 4.69) is 4.98 Å². The van der Waals surface area contributed by atoms with E-state index in [1.54, 1.807) is 6.07 Å². The van der Waals surface area contributed by atoms with E-state index >= 15 is 0 Å². The summed E-state index contributed by atoms with van der Waals surface area (Å²) in [6.45, 7) is 0.100. The molecule has 0 unspecified atom stereocenters. The Morgan fingerprint density at radius 3 is 2.83 bits per heavy atom. The van der Waals surface area contributed by atoms with Crippen LogP contribution in [-0.4, -0.2) is 33.5 Å². The van der Waals surface area contributed by atoms with Gasteiger partial charge in [0.25, 0.3) is 0 Å². The van der Waals surface area contributed by atoms with Crippen LogP contribution in [0.3, 0.4) is 0 Å². The predicted octanol–water partition coefficient (Wildman–Crippen LogP) is 2.41. The topological polar surface area (TPSA) is 70.4 Å². The van der Waals surface area contributed by atoms with Gasteiger partial charge in [-0.25, -0.2) is 9.78 Å². The van der Waals surface area contributed by atoms with Crippen LogP contribution in [0.4, 0.5) is 0 Å². The first kappa shape index (κ1) is 12.9. The Morgan fingerprint density at radius 2 is 2.11 bits per heavy atom. The Bertz CT molecular complexity index is 571. The zero-order valence-corrected chi connectivity index (χ0v) is 10.5. The van der Waals surface area contributed by atoms with Crippen LogP contribution in [-0.2, 0) is 0 Å². The fourth-order valence-corrected chi connectivity index (χ4v) is 2.53. The summed E-state index contributed by atoms with van der Waals surface area (Å²) in [4.78, 5) is 15.6. The van der Waals surface area contributed by atoms with E-state index < -0.39 is 5.97 Å². The number of aromatic nitrogens is 1. The Morgan fingerprint density at radius 1 is 1.33 bits per heavy atom. The highest BCUT2D eigenvalue weighted by Crippen LogP contribution is 2.25. The summed E-state index contributed by atoms with van der Waals surface area (Å²) < 4.78 is 0. The monoisotopic (exact) mass is 263 g/mol. The lowest BCUT2D eigenvalue weighted by atomic mass is 10.1. The molecule has 1 aromatic carbocycles. The van der Waals surface area contributed by atoms with Crippen molar-refractivity contribution in [2.45, 2.75) is 11.4 Å². The molecule has 2 rings (SSSR count). The number of aliphatic hydroxyl groups excluding tert-OH is 1. The van der Waals surface area contributed by atoms with Gasteiger partial charge >= 0.3 is 5.97 Å². The number of benzene rings is 1. The van der Waals surface area contributed by atoms with Crippen LogP contribution in [0.15, 0.2) is 35.4 Å². The number of pyridine rings is 1. The molecule has 0 radical (unpaired) electrons. The normalized spacial score (nSPS) is 10.7. The van der Waals surface area contributed by atoms with Crippen molar-refractivity contribution in [1.29, 1.82) is 0 Å². The molecule has 0 spiro atoms. The van der Waals surface area contributed by atoms with Crippen LogP contribution in [0, 0.1) is 0 Å². The minimum Gasteiger partial charge on any atom is -0.478 e. The number of thioether (sulfide) groups is 1. The average molecular weight is 263 g/mol. The highest BCUT2D eigenvalue weighted by molar-refractivity contribution is 7.99. The molecule has 94 valence electrons. The third-order valence-electron chi connectivity index (χ3n) is 2.46. The minimum atomic E-state index is -0.972.